The standard InChI is InChI=1S/C14H12FNO3/c15-7-1-3-8(4-2-7)16-13(17)11-9-5-6-10(19-9)12(11)14(16)18/h1-4,9-12H,5-6H2. The van der Waals surface area contributed by atoms with E-state index in [9.17, 15) is 14.0 Å². The van der Waals surface area contributed by atoms with E-state index in [-0.39, 0.29) is 41.7 Å². The first-order chi connectivity index (χ1) is 9.16. The van der Waals surface area contributed by atoms with E-state index in [0.717, 1.165) is 12.8 Å². The second-order valence-electron chi connectivity index (χ2n) is 5.33. The van der Waals surface area contributed by atoms with E-state index in [2.05, 4.69) is 0 Å². The average molecular weight is 261 g/mol. The molecule has 4 atom stereocenters. The SMILES string of the molecule is O=C1C2C3CCC(O3)C2C(=O)N1c1ccc(F)cc1. The van der Waals surface area contributed by atoms with Gasteiger partial charge in [0.25, 0.3) is 0 Å². The van der Waals surface area contributed by atoms with E-state index < -0.39 is 0 Å². The summed E-state index contributed by atoms with van der Waals surface area (Å²) >= 11 is 0. The molecule has 0 spiro atoms. The molecule has 3 aliphatic heterocycles. The van der Waals surface area contributed by atoms with E-state index >= 15 is 0 Å². The summed E-state index contributed by atoms with van der Waals surface area (Å²) in [7, 11) is 0. The van der Waals surface area contributed by atoms with E-state index in [1.165, 1.54) is 29.2 Å². The highest BCUT2D eigenvalue weighted by Crippen LogP contribution is 2.49. The molecule has 0 aromatic heterocycles. The molecular formula is C14H12FNO3. The van der Waals surface area contributed by atoms with Gasteiger partial charge in [-0.15, -0.1) is 0 Å². The number of nitrogens with zero attached hydrogens (tertiary/aromatic N) is 1. The Morgan fingerprint density at radius 1 is 1.00 bits per heavy atom. The third-order valence-electron chi connectivity index (χ3n) is 4.37. The monoisotopic (exact) mass is 261 g/mol. The van der Waals surface area contributed by atoms with Crippen LogP contribution in [0.3, 0.4) is 0 Å². The van der Waals surface area contributed by atoms with E-state index in [4.69, 9.17) is 4.74 Å². The van der Waals surface area contributed by atoms with Gasteiger partial charge in [0, 0.05) is 0 Å². The van der Waals surface area contributed by atoms with Crippen LogP contribution in [0.2, 0.25) is 0 Å². The molecule has 3 aliphatic rings. The molecule has 19 heavy (non-hydrogen) atoms. The van der Waals surface area contributed by atoms with Gasteiger partial charge < -0.3 is 4.74 Å². The molecule has 1 aromatic rings. The summed E-state index contributed by atoms with van der Waals surface area (Å²) in [5.41, 5.74) is 0.449. The van der Waals surface area contributed by atoms with Crippen LogP contribution in [-0.4, -0.2) is 24.0 Å². The lowest BCUT2D eigenvalue weighted by atomic mass is 9.81. The van der Waals surface area contributed by atoms with Crippen molar-refractivity contribution in [2.75, 3.05) is 4.90 Å². The van der Waals surface area contributed by atoms with Crippen molar-refractivity contribution < 1.29 is 18.7 Å². The summed E-state index contributed by atoms with van der Waals surface area (Å²) in [6.07, 6.45) is 1.47. The predicted molar refractivity (Wildman–Crippen MR) is 63.8 cm³/mol. The Balaban J connectivity index is 1.73. The smallest absolute Gasteiger partial charge is 0.240 e. The first-order valence-electron chi connectivity index (χ1n) is 6.45. The van der Waals surface area contributed by atoms with Gasteiger partial charge in [-0.3, -0.25) is 9.59 Å². The number of amides is 2. The molecule has 0 radical (unpaired) electrons. The zero-order chi connectivity index (χ0) is 13.1. The quantitative estimate of drug-likeness (QED) is 0.720. The van der Waals surface area contributed by atoms with Crippen LogP contribution in [-0.2, 0) is 14.3 Å². The van der Waals surface area contributed by atoms with E-state index in [0.29, 0.717) is 5.69 Å². The van der Waals surface area contributed by atoms with Gasteiger partial charge in [-0.1, -0.05) is 0 Å². The number of anilines is 1. The van der Waals surface area contributed by atoms with Gasteiger partial charge in [0.05, 0.1) is 29.7 Å². The summed E-state index contributed by atoms with van der Waals surface area (Å²) in [5.74, 6) is -1.46. The predicted octanol–water partition coefficient (Wildman–Crippen LogP) is 1.49. The second-order valence-corrected chi connectivity index (χ2v) is 5.33. The fourth-order valence-electron chi connectivity index (χ4n) is 3.56. The van der Waals surface area contributed by atoms with Crippen LogP contribution < -0.4 is 4.90 Å². The average Bonchev–Trinajstić information content (AvgIpc) is 3.06. The van der Waals surface area contributed by atoms with Crippen molar-refractivity contribution >= 4 is 17.5 Å². The Bertz CT molecular complexity index is 543. The van der Waals surface area contributed by atoms with Crippen molar-refractivity contribution in [3.8, 4) is 0 Å². The lowest BCUT2D eigenvalue weighted by molar-refractivity contribution is -0.124. The van der Waals surface area contributed by atoms with E-state index in [1.807, 2.05) is 0 Å². The molecular weight excluding hydrogens is 249 g/mol. The molecule has 98 valence electrons. The number of ether oxygens (including phenoxy) is 1. The van der Waals surface area contributed by atoms with Crippen LogP contribution in [0.25, 0.3) is 0 Å². The van der Waals surface area contributed by atoms with Gasteiger partial charge in [-0.2, -0.15) is 0 Å². The Labute approximate surface area is 109 Å². The van der Waals surface area contributed by atoms with Gasteiger partial charge >= 0.3 is 0 Å². The van der Waals surface area contributed by atoms with Crippen molar-refractivity contribution in [2.24, 2.45) is 11.8 Å². The molecule has 4 nitrogen and oxygen atoms in total. The number of rotatable bonds is 1. The van der Waals surface area contributed by atoms with Crippen molar-refractivity contribution in [1.29, 1.82) is 0 Å². The molecule has 3 heterocycles. The Hall–Kier alpha value is -1.75. The van der Waals surface area contributed by atoms with Gasteiger partial charge in [0.15, 0.2) is 0 Å². The first-order valence-corrected chi connectivity index (χ1v) is 6.45. The van der Waals surface area contributed by atoms with Gasteiger partial charge in [-0.05, 0) is 37.1 Å². The van der Waals surface area contributed by atoms with Crippen molar-refractivity contribution in [3.05, 3.63) is 30.1 Å². The first kappa shape index (κ1) is 11.1. The van der Waals surface area contributed by atoms with Crippen LogP contribution >= 0.6 is 0 Å². The summed E-state index contributed by atoms with van der Waals surface area (Å²) in [6.45, 7) is 0. The van der Waals surface area contributed by atoms with Crippen LogP contribution in [0.5, 0.6) is 0 Å². The zero-order valence-corrected chi connectivity index (χ0v) is 10.1. The molecule has 3 saturated heterocycles. The van der Waals surface area contributed by atoms with Crippen LogP contribution in [0, 0.1) is 17.7 Å². The number of hydrogen-bond donors (Lipinski definition) is 0. The third-order valence-corrected chi connectivity index (χ3v) is 4.37. The summed E-state index contributed by atoms with van der Waals surface area (Å²) in [4.78, 5) is 26.0. The fourth-order valence-corrected chi connectivity index (χ4v) is 3.56. The highest BCUT2D eigenvalue weighted by Gasteiger charge is 2.62. The molecule has 2 amide bonds. The highest BCUT2D eigenvalue weighted by atomic mass is 19.1. The van der Waals surface area contributed by atoms with Gasteiger partial charge in [0.2, 0.25) is 11.8 Å². The molecule has 4 rings (SSSR count). The summed E-state index contributed by atoms with van der Waals surface area (Å²) < 4.78 is 18.6. The maximum Gasteiger partial charge on any atom is 0.240 e. The Kier molecular flexibility index (Phi) is 2.12. The third kappa shape index (κ3) is 1.36. The lowest BCUT2D eigenvalue weighted by Gasteiger charge is -2.17. The summed E-state index contributed by atoms with van der Waals surface area (Å²) in [5, 5.41) is 0. The lowest BCUT2D eigenvalue weighted by Crippen LogP contribution is -2.34. The number of imide groups is 1. The highest BCUT2D eigenvalue weighted by molar-refractivity contribution is 6.22. The van der Waals surface area contributed by atoms with Crippen molar-refractivity contribution in [2.45, 2.75) is 25.0 Å². The van der Waals surface area contributed by atoms with Crippen molar-refractivity contribution in [3.63, 3.8) is 0 Å². The molecule has 0 saturated carbocycles. The van der Waals surface area contributed by atoms with Crippen LogP contribution in [0.4, 0.5) is 10.1 Å². The van der Waals surface area contributed by atoms with Gasteiger partial charge in [0.1, 0.15) is 5.82 Å². The topological polar surface area (TPSA) is 46.6 Å². The van der Waals surface area contributed by atoms with Gasteiger partial charge in [-0.25, -0.2) is 9.29 Å². The van der Waals surface area contributed by atoms with Crippen molar-refractivity contribution in [1.82, 2.24) is 0 Å². The fraction of sp³-hybridized carbons (Fsp3) is 0.429. The Morgan fingerprint density at radius 3 is 2.05 bits per heavy atom. The minimum atomic E-state index is -0.383. The maximum atomic E-state index is 12.9. The number of hydrogen-bond acceptors (Lipinski definition) is 3. The number of carbonyl (C=O) groups excluding carboxylic acids is 2. The number of halogens is 1. The molecule has 1 aromatic carbocycles. The molecule has 4 unspecified atom stereocenters. The zero-order valence-electron chi connectivity index (χ0n) is 10.1. The minimum absolute atomic E-state index is 0.114. The number of carbonyl (C=O) groups is 2. The van der Waals surface area contributed by atoms with E-state index in [1.54, 1.807) is 0 Å². The van der Waals surface area contributed by atoms with Crippen LogP contribution in [0.15, 0.2) is 24.3 Å². The summed E-state index contributed by atoms with van der Waals surface area (Å²) in [6, 6.07) is 5.45. The second kappa shape index (κ2) is 3.63. The minimum Gasteiger partial charge on any atom is -0.373 e. The molecule has 5 heteroatoms. The number of benzene rings is 1. The Morgan fingerprint density at radius 2 is 1.53 bits per heavy atom. The normalized spacial score (nSPS) is 36.2. The largest absolute Gasteiger partial charge is 0.373 e. The maximum absolute atomic E-state index is 12.9. The molecule has 0 N–H and O–H groups in total. The molecule has 2 bridgehead atoms. The number of fused-ring (bicyclic) bond motifs is 5. The van der Waals surface area contributed by atoms with Crippen LogP contribution in [0.1, 0.15) is 12.8 Å². The molecule has 3 fully saturated rings. The molecule has 0 aliphatic carbocycles.